The van der Waals surface area contributed by atoms with Crippen LogP contribution in [0.5, 0.6) is 17.2 Å². The largest absolute Gasteiger partial charge is 0.507 e. The van der Waals surface area contributed by atoms with Crippen LogP contribution in [0.4, 0.5) is 0 Å². The number of carbonyl (C=O) groups excluding carboxylic acids is 2. The van der Waals surface area contributed by atoms with Crippen molar-refractivity contribution in [2.75, 3.05) is 13.2 Å². The molecule has 2 fully saturated rings. The summed E-state index contributed by atoms with van der Waals surface area (Å²) in [6.07, 6.45) is 2.34. The van der Waals surface area contributed by atoms with Crippen LogP contribution in [0.25, 0.3) is 5.76 Å². The fourth-order valence-electron chi connectivity index (χ4n) is 5.52. The monoisotopic (exact) mass is 511 g/mol. The maximum absolute atomic E-state index is 13.4. The van der Waals surface area contributed by atoms with Gasteiger partial charge in [0.05, 0.1) is 17.7 Å². The van der Waals surface area contributed by atoms with Crippen molar-refractivity contribution in [3.05, 3.63) is 95.1 Å². The lowest BCUT2D eigenvalue weighted by molar-refractivity contribution is -0.140. The number of aliphatic hydroxyl groups is 1. The maximum atomic E-state index is 13.4. The molecule has 3 aliphatic rings. The molecule has 0 radical (unpaired) electrons. The smallest absolute Gasteiger partial charge is 0.295 e. The van der Waals surface area contributed by atoms with E-state index in [1.165, 1.54) is 4.90 Å². The van der Waals surface area contributed by atoms with E-state index in [9.17, 15) is 14.7 Å². The minimum absolute atomic E-state index is 0.0479. The zero-order valence-electron chi connectivity index (χ0n) is 21.1. The van der Waals surface area contributed by atoms with Crippen molar-refractivity contribution in [2.45, 2.75) is 44.4 Å². The van der Waals surface area contributed by atoms with Crippen molar-refractivity contribution in [3.8, 4) is 17.2 Å². The Balaban J connectivity index is 1.42. The average molecular weight is 512 g/mol. The van der Waals surface area contributed by atoms with Gasteiger partial charge in [0, 0.05) is 25.1 Å². The third-order valence-corrected chi connectivity index (χ3v) is 7.29. The second-order valence-electron chi connectivity index (χ2n) is 10.0. The summed E-state index contributed by atoms with van der Waals surface area (Å²) < 4.78 is 17.6. The molecule has 3 atom stereocenters. The molecular formula is C31H29NO6. The number of nitrogens with zero attached hydrogens (tertiary/aromatic N) is 1. The van der Waals surface area contributed by atoms with Crippen molar-refractivity contribution in [1.29, 1.82) is 0 Å². The predicted octanol–water partition coefficient (Wildman–Crippen LogP) is 5.40. The lowest BCUT2D eigenvalue weighted by Crippen LogP contribution is -2.36. The maximum Gasteiger partial charge on any atom is 0.295 e. The molecule has 0 aromatic heterocycles. The zero-order valence-corrected chi connectivity index (χ0v) is 21.1. The van der Waals surface area contributed by atoms with E-state index >= 15 is 0 Å². The molecule has 6 rings (SSSR count). The van der Waals surface area contributed by atoms with Gasteiger partial charge in [-0.15, -0.1) is 0 Å². The van der Waals surface area contributed by atoms with E-state index in [0.717, 1.165) is 24.2 Å². The van der Waals surface area contributed by atoms with Crippen molar-refractivity contribution in [2.24, 2.45) is 0 Å². The van der Waals surface area contributed by atoms with Gasteiger partial charge in [0.15, 0.2) is 0 Å². The number of ether oxygens (including phenoxy) is 3. The Hall–Kier alpha value is -4.10. The summed E-state index contributed by atoms with van der Waals surface area (Å²) in [6, 6.07) is 21.3. The molecule has 0 aliphatic carbocycles. The highest BCUT2D eigenvalue weighted by Gasteiger charge is 2.47. The van der Waals surface area contributed by atoms with Gasteiger partial charge >= 0.3 is 0 Å². The van der Waals surface area contributed by atoms with Crippen LogP contribution in [0.2, 0.25) is 0 Å². The molecule has 2 saturated heterocycles. The first-order valence-electron chi connectivity index (χ1n) is 13.0. The highest BCUT2D eigenvalue weighted by molar-refractivity contribution is 6.46. The number of hydrogen-bond acceptors (Lipinski definition) is 6. The van der Waals surface area contributed by atoms with Crippen molar-refractivity contribution < 1.29 is 28.9 Å². The predicted molar refractivity (Wildman–Crippen MR) is 141 cm³/mol. The molecule has 3 aromatic rings. The highest BCUT2D eigenvalue weighted by Crippen LogP contribution is 2.42. The Kier molecular flexibility index (Phi) is 6.37. The molecule has 3 aliphatic heterocycles. The molecule has 1 N–H and O–H groups in total. The van der Waals surface area contributed by atoms with E-state index < -0.39 is 17.7 Å². The van der Waals surface area contributed by atoms with Crippen molar-refractivity contribution >= 4 is 17.4 Å². The van der Waals surface area contributed by atoms with Crippen LogP contribution >= 0.6 is 0 Å². The SMILES string of the molecule is CC1Cc2cc(/C(O)=C3\C(=O)C(=O)N(CC4CCCO4)C3c3cccc(Oc4ccccc4)c3)ccc2O1. The number of Topliss-reactive ketones (excluding diaryl/α,β-unsaturated/α-hetero) is 1. The minimum Gasteiger partial charge on any atom is -0.507 e. The third-order valence-electron chi connectivity index (χ3n) is 7.29. The molecule has 0 bridgehead atoms. The van der Waals surface area contributed by atoms with Gasteiger partial charge in [-0.05, 0) is 73.4 Å². The first kappa shape index (κ1) is 24.2. The van der Waals surface area contributed by atoms with Gasteiger partial charge in [-0.1, -0.05) is 30.3 Å². The number of aliphatic hydroxyl groups excluding tert-OH is 1. The van der Waals surface area contributed by atoms with Gasteiger partial charge in [-0.25, -0.2) is 0 Å². The Morgan fingerprint density at radius 1 is 1.03 bits per heavy atom. The molecule has 0 saturated carbocycles. The van der Waals surface area contributed by atoms with E-state index in [1.807, 2.05) is 67.6 Å². The summed E-state index contributed by atoms with van der Waals surface area (Å²) in [5, 5.41) is 11.5. The van der Waals surface area contributed by atoms with Crippen LogP contribution in [-0.4, -0.2) is 47.1 Å². The second kappa shape index (κ2) is 9.99. The topological polar surface area (TPSA) is 85.3 Å². The normalized spacial score (nSPS) is 23.9. The molecule has 7 heteroatoms. The Labute approximate surface area is 221 Å². The fraction of sp³-hybridized carbons (Fsp3) is 0.290. The van der Waals surface area contributed by atoms with Crippen molar-refractivity contribution in [3.63, 3.8) is 0 Å². The van der Waals surface area contributed by atoms with Gasteiger partial charge in [-0.3, -0.25) is 9.59 Å². The van der Waals surface area contributed by atoms with Crippen LogP contribution in [0.1, 0.15) is 42.5 Å². The van der Waals surface area contributed by atoms with E-state index in [-0.39, 0.29) is 30.1 Å². The number of benzene rings is 3. The molecular weight excluding hydrogens is 482 g/mol. The lowest BCUT2D eigenvalue weighted by Gasteiger charge is -2.27. The zero-order chi connectivity index (χ0) is 26.2. The van der Waals surface area contributed by atoms with E-state index in [2.05, 4.69) is 0 Å². The number of amides is 1. The van der Waals surface area contributed by atoms with Gasteiger partial charge in [0.25, 0.3) is 11.7 Å². The first-order chi connectivity index (χ1) is 18.5. The van der Waals surface area contributed by atoms with Gasteiger partial charge in [-0.2, -0.15) is 0 Å². The Bertz CT molecular complexity index is 1410. The minimum atomic E-state index is -0.776. The van der Waals surface area contributed by atoms with Crippen LogP contribution in [0.15, 0.2) is 78.4 Å². The third kappa shape index (κ3) is 4.54. The number of likely N-dealkylation sites (tertiary alicyclic amines) is 1. The number of fused-ring (bicyclic) bond motifs is 1. The standard InChI is InChI=1S/C31H29NO6/c1-19-15-22-16-21(12-13-26(22)37-19)29(33)27-28(32(31(35)30(27)34)18-25-11-6-14-36-25)20-7-5-10-24(17-20)38-23-8-3-2-4-9-23/h2-5,7-10,12-13,16-17,19,25,28,33H,6,11,14-15,18H2,1H3/b29-27+. The van der Waals surface area contributed by atoms with E-state index in [0.29, 0.717) is 35.7 Å². The van der Waals surface area contributed by atoms with Gasteiger partial charge in [0.1, 0.15) is 29.1 Å². The van der Waals surface area contributed by atoms with Gasteiger partial charge in [0.2, 0.25) is 0 Å². The summed E-state index contributed by atoms with van der Waals surface area (Å²) in [7, 11) is 0. The number of rotatable bonds is 6. The molecule has 194 valence electrons. The quantitative estimate of drug-likeness (QED) is 0.271. The highest BCUT2D eigenvalue weighted by atomic mass is 16.5. The molecule has 3 heterocycles. The molecule has 7 nitrogen and oxygen atoms in total. The number of ketones is 1. The number of hydrogen-bond donors (Lipinski definition) is 1. The van der Waals surface area contributed by atoms with E-state index in [1.54, 1.807) is 12.1 Å². The summed E-state index contributed by atoms with van der Waals surface area (Å²) in [5.41, 5.74) is 2.19. The number of para-hydroxylation sites is 1. The molecule has 3 unspecified atom stereocenters. The molecule has 1 amide bonds. The van der Waals surface area contributed by atoms with Crippen LogP contribution < -0.4 is 9.47 Å². The summed E-state index contributed by atoms with van der Waals surface area (Å²) in [6.45, 7) is 2.89. The average Bonchev–Trinajstić information content (AvgIpc) is 3.63. The van der Waals surface area contributed by atoms with Crippen molar-refractivity contribution in [1.82, 2.24) is 4.90 Å². The molecule has 0 spiro atoms. The van der Waals surface area contributed by atoms with E-state index in [4.69, 9.17) is 14.2 Å². The number of carbonyl (C=O) groups is 2. The Morgan fingerprint density at radius 3 is 2.63 bits per heavy atom. The summed E-state index contributed by atoms with van der Waals surface area (Å²) in [5.74, 6) is 0.479. The molecule has 38 heavy (non-hydrogen) atoms. The van der Waals surface area contributed by atoms with Gasteiger partial charge < -0.3 is 24.2 Å². The second-order valence-corrected chi connectivity index (χ2v) is 10.0. The summed E-state index contributed by atoms with van der Waals surface area (Å²) >= 11 is 0. The Morgan fingerprint density at radius 2 is 1.84 bits per heavy atom. The fourth-order valence-corrected chi connectivity index (χ4v) is 5.52. The summed E-state index contributed by atoms with van der Waals surface area (Å²) in [4.78, 5) is 28.3. The van der Waals surface area contributed by atoms with Crippen LogP contribution in [0.3, 0.4) is 0 Å². The van der Waals surface area contributed by atoms with Crippen LogP contribution in [0, 0.1) is 0 Å². The lowest BCUT2D eigenvalue weighted by atomic mass is 9.94. The molecule has 3 aromatic carbocycles. The first-order valence-corrected chi connectivity index (χ1v) is 13.0. The van der Waals surface area contributed by atoms with Crippen LogP contribution in [-0.2, 0) is 20.7 Å².